The molecule has 1 saturated heterocycles. The van der Waals surface area contributed by atoms with Crippen molar-refractivity contribution in [3.63, 3.8) is 0 Å². The summed E-state index contributed by atoms with van der Waals surface area (Å²) in [6.07, 6.45) is 16.0. The van der Waals surface area contributed by atoms with Crippen molar-refractivity contribution in [2.24, 2.45) is 0 Å². The first-order valence-electron chi connectivity index (χ1n) is 8.10. The maximum Gasteiger partial charge on any atom is 0.0784 e. The predicted octanol–water partition coefficient (Wildman–Crippen LogP) is 4.58. The van der Waals surface area contributed by atoms with Gasteiger partial charge in [-0.3, -0.25) is 0 Å². The monoisotopic (exact) mass is 257 g/mol. The van der Waals surface area contributed by atoms with Crippen molar-refractivity contribution >= 4 is 0 Å². The van der Waals surface area contributed by atoms with Crippen LogP contribution in [0.5, 0.6) is 0 Å². The molecule has 1 fully saturated rings. The van der Waals surface area contributed by atoms with E-state index in [1.807, 2.05) is 0 Å². The molecule has 0 bridgehead atoms. The van der Waals surface area contributed by atoms with Crippen LogP contribution in [-0.2, 0) is 0 Å². The van der Waals surface area contributed by atoms with Gasteiger partial charge in [0, 0.05) is 0 Å². The molecule has 1 aliphatic heterocycles. The highest BCUT2D eigenvalue weighted by Gasteiger charge is 2.23. The first-order valence-corrected chi connectivity index (χ1v) is 8.10. The van der Waals surface area contributed by atoms with Crippen molar-refractivity contribution in [3.05, 3.63) is 0 Å². The van der Waals surface area contributed by atoms with E-state index in [4.69, 9.17) is 0 Å². The molecular weight excluding hydrogens is 222 g/mol. The number of unbranched alkanes of at least 4 members (excludes halogenated alkanes) is 7. The summed E-state index contributed by atoms with van der Waals surface area (Å²) in [5, 5.41) is 0. The van der Waals surface area contributed by atoms with Gasteiger partial charge in [-0.1, -0.05) is 45.4 Å². The van der Waals surface area contributed by atoms with E-state index in [0.717, 1.165) is 0 Å². The van der Waals surface area contributed by atoms with Gasteiger partial charge in [0.1, 0.15) is 0 Å². The van der Waals surface area contributed by atoms with Gasteiger partial charge >= 0.3 is 0 Å². The van der Waals surface area contributed by atoms with Crippen LogP contribution in [0.15, 0.2) is 0 Å². The summed E-state index contributed by atoms with van der Waals surface area (Å²) < 4.78 is 1.37. The lowest BCUT2D eigenvalue weighted by atomic mass is 10.1. The van der Waals surface area contributed by atoms with E-state index in [1.165, 1.54) is 94.7 Å². The zero-order valence-corrected chi connectivity index (χ0v) is 12.8. The third-order valence-electron chi connectivity index (χ3n) is 4.45. The third kappa shape index (κ3) is 8.10. The first-order chi connectivity index (χ1) is 8.27. The average Bonchev–Trinajstić information content (AvgIpc) is 2.33. The second kappa shape index (κ2) is 10.8. The summed E-state index contributed by atoms with van der Waals surface area (Å²) in [4.78, 5) is 0. The van der Waals surface area contributed by atoms with Gasteiger partial charge in [-0.2, -0.15) is 0 Å². The standard InChI is InChI=1S/C16H34N.H2O/c1-3-4-5-6-7-8-9-11-14-17(2)15-12-10-13-16-17;/h3-16H2,1-2H3;1H2/q+1;/p-1. The van der Waals surface area contributed by atoms with Crippen molar-refractivity contribution in [3.8, 4) is 0 Å². The van der Waals surface area contributed by atoms with Crippen LogP contribution in [0.1, 0.15) is 77.6 Å². The SMILES string of the molecule is CCCCCCCCCC[N+]1(C)CCCCC1.[OH-]. The molecule has 1 aliphatic rings. The Morgan fingerprint density at radius 1 is 0.722 bits per heavy atom. The minimum absolute atomic E-state index is 0. The molecule has 1 N–H and O–H groups in total. The van der Waals surface area contributed by atoms with E-state index in [9.17, 15) is 0 Å². The Kier molecular flexibility index (Phi) is 10.8. The smallest absolute Gasteiger partial charge is 0.0784 e. The Balaban J connectivity index is 0.00000289. The molecule has 0 atom stereocenters. The molecule has 0 saturated carbocycles. The Morgan fingerprint density at radius 3 is 1.78 bits per heavy atom. The number of rotatable bonds is 9. The molecule has 0 aromatic rings. The van der Waals surface area contributed by atoms with Crippen molar-refractivity contribution in [1.82, 2.24) is 0 Å². The van der Waals surface area contributed by atoms with E-state index in [0.29, 0.717) is 0 Å². The largest absolute Gasteiger partial charge is 0.870 e. The van der Waals surface area contributed by atoms with Gasteiger partial charge in [-0.05, 0) is 32.1 Å². The Hall–Kier alpha value is -0.0800. The van der Waals surface area contributed by atoms with E-state index in [2.05, 4.69) is 14.0 Å². The highest BCUT2D eigenvalue weighted by Crippen LogP contribution is 2.18. The van der Waals surface area contributed by atoms with Crippen LogP contribution in [0.4, 0.5) is 0 Å². The molecule has 18 heavy (non-hydrogen) atoms. The van der Waals surface area contributed by atoms with Crippen LogP contribution in [0.25, 0.3) is 0 Å². The molecule has 110 valence electrons. The molecule has 0 amide bonds. The highest BCUT2D eigenvalue weighted by atomic mass is 16.0. The lowest BCUT2D eigenvalue weighted by Crippen LogP contribution is -2.48. The fourth-order valence-electron chi connectivity index (χ4n) is 3.13. The zero-order valence-electron chi connectivity index (χ0n) is 12.8. The summed E-state index contributed by atoms with van der Waals surface area (Å²) in [7, 11) is 2.47. The molecule has 0 radical (unpaired) electrons. The van der Waals surface area contributed by atoms with Gasteiger partial charge < -0.3 is 9.96 Å². The van der Waals surface area contributed by atoms with Crippen molar-refractivity contribution in [2.75, 3.05) is 26.7 Å². The second-order valence-corrected chi connectivity index (χ2v) is 6.33. The molecular formula is C16H35NO. The zero-order chi connectivity index (χ0) is 12.4. The summed E-state index contributed by atoms with van der Waals surface area (Å²) in [6.45, 7) is 6.62. The van der Waals surface area contributed by atoms with Crippen LogP contribution in [0.2, 0.25) is 0 Å². The molecule has 1 heterocycles. The number of piperidine rings is 1. The summed E-state index contributed by atoms with van der Waals surface area (Å²) >= 11 is 0. The molecule has 0 unspecified atom stereocenters. The fourth-order valence-corrected chi connectivity index (χ4v) is 3.13. The molecule has 0 aliphatic carbocycles. The maximum absolute atomic E-state index is 2.47. The first kappa shape index (κ1) is 17.9. The molecule has 2 heteroatoms. The van der Waals surface area contributed by atoms with Crippen LogP contribution in [-0.4, -0.2) is 36.6 Å². The van der Waals surface area contributed by atoms with Crippen molar-refractivity contribution in [1.29, 1.82) is 0 Å². The van der Waals surface area contributed by atoms with Crippen molar-refractivity contribution in [2.45, 2.75) is 77.6 Å². The summed E-state index contributed by atoms with van der Waals surface area (Å²) in [5.41, 5.74) is 0. The van der Waals surface area contributed by atoms with Crippen LogP contribution in [0, 0.1) is 0 Å². The van der Waals surface area contributed by atoms with Gasteiger partial charge in [0.15, 0.2) is 0 Å². The molecule has 0 spiro atoms. The van der Waals surface area contributed by atoms with Gasteiger partial charge in [0.25, 0.3) is 0 Å². The maximum atomic E-state index is 2.47. The molecule has 0 aromatic heterocycles. The lowest BCUT2D eigenvalue weighted by molar-refractivity contribution is -0.914. The molecule has 2 nitrogen and oxygen atoms in total. The number of hydrogen-bond acceptors (Lipinski definition) is 1. The summed E-state index contributed by atoms with van der Waals surface area (Å²) in [5.74, 6) is 0. The Bertz CT molecular complexity index is 176. The molecule has 0 aromatic carbocycles. The normalized spacial score (nSPS) is 18.3. The Labute approximate surface area is 115 Å². The van der Waals surface area contributed by atoms with Gasteiger partial charge in [0.2, 0.25) is 0 Å². The van der Waals surface area contributed by atoms with E-state index < -0.39 is 0 Å². The number of hydrogen-bond donors (Lipinski definition) is 0. The Morgan fingerprint density at radius 2 is 1.22 bits per heavy atom. The average molecular weight is 257 g/mol. The minimum atomic E-state index is 0. The third-order valence-corrected chi connectivity index (χ3v) is 4.45. The topological polar surface area (TPSA) is 30.0 Å². The van der Waals surface area contributed by atoms with Crippen LogP contribution in [0.3, 0.4) is 0 Å². The summed E-state index contributed by atoms with van der Waals surface area (Å²) in [6, 6.07) is 0. The molecule has 1 rings (SSSR count). The number of nitrogens with zero attached hydrogens (tertiary/aromatic N) is 1. The van der Waals surface area contributed by atoms with E-state index >= 15 is 0 Å². The van der Waals surface area contributed by atoms with Crippen LogP contribution >= 0.6 is 0 Å². The van der Waals surface area contributed by atoms with Gasteiger partial charge in [0.05, 0.1) is 26.7 Å². The quantitative estimate of drug-likeness (QED) is 0.439. The highest BCUT2D eigenvalue weighted by molar-refractivity contribution is 4.53. The van der Waals surface area contributed by atoms with Gasteiger partial charge in [-0.15, -0.1) is 0 Å². The minimum Gasteiger partial charge on any atom is -0.870 e. The lowest BCUT2D eigenvalue weighted by Gasteiger charge is -2.37. The van der Waals surface area contributed by atoms with E-state index in [1.54, 1.807) is 0 Å². The van der Waals surface area contributed by atoms with Crippen LogP contribution < -0.4 is 0 Å². The predicted molar refractivity (Wildman–Crippen MR) is 79.2 cm³/mol. The second-order valence-electron chi connectivity index (χ2n) is 6.33. The number of likely N-dealkylation sites (tertiary alicyclic amines) is 1. The van der Waals surface area contributed by atoms with Crippen molar-refractivity contribution < 1.29 is 9.96 Å². The fraction of sp³-hybridized carbons (Fsp3) is 1.00. The number of quaternary nitrogens is 1. The van der Waals surface area contributed by atoms with Gasteiger partial charge in [-0.25, -0.2) is 0 Å². The van der Waals surface area contributed by atoms with E-state index in [-0.39, 0.29) is 5.48 Å².